The lowest BCUT2D eigenvalue weighted by Gasteiger charge is -2.31. The first kappa shape index (κ1) is 13.0. The summed E-state index contributed by atoms with van der Waals surface area (Å²) in [5, 5.41) is 3.28. The van der Waals surface area contributed by atoms with Crippen LogP contribution >= 0.6 is 0 Å². The predicted molar refractivity (Wildman–Crippen MR) is 62.0 cm³/mol. The van der Waals surface area contributed by atoms with Crippen LogP contribution in [0.4, 0.5) is 0 Å². The normalized spacial score (nSPS) is 17.1. The molecule has 0 aromatic carbocycles. The zero-order valence-electron chi connectivity index (χ0n) is 10.2. The molecule has 0 aliphatic carbocycles. The zero-order chi connectivity index (χ0) is 12.0. The van der Waals surface area contributed by atoms with E-state index in [0.29, 0.717) is 19.6 Å². The fourth-order valence-corrected chi connectivity index (χ4v) is 1.68. The Morgan fingerprint density at radius 3 is 2.62 bits per heavy atom. The molecule has 0 atom stereocenters. The van der Waals surface area contributed by atoms with Crippen molar-refractivity contribution in [3.63, 3.8) is 0 Å². The molecule has 1 aliphatic rings. The first-order chi connectivity index (χ1) is 7.66. The lowest BCUT2D eigenvalue weighted by atomic mass is 10.3. The summed E-state index contributed by atoms with van der Waals surface area (Å²) in [6.07, 6.45) is 2.02. The lowest BCUT2D eigenvalue weighted by Crippen LogP contribution is -2.53. The standard InChI is InChI=1S/C11H21N3O2/c1-3-5-12-6-4-7-14-9-8-13(2)10(15)11(14)16/h12H,3-9H2,1-2H3. The number of hydrogen-bond donors (Lipinski definition) is 1. The summed E-state index contributed by atoms with van der Waals surface area (Å²) >= 11 is 0. The Hall–Kier alpha value is -1.10. The molecular formula is C11H21N3O2. The van der Waals surface area contributed by atoms with Crippen LogP contribution in [0.15, 0.2) is 0 Å². The molecule has 0 aromatic rings. The summed E-state index contributed by atoms with van der Waals surface area (Å²) in [4.78, 5) is 26.1. The molecule has 1 rings (SSSR count). The summed E-state index contributed by atoms with van der Waals surface area (Å²) in [5.74, 6) is -0.739. The predicted octanol–water partition coefficient (Wildman–Crippen LogP) is -0.323. The Bertz CT molecular complexity index is 256. The minimum Gasteiger partial charge on any atom is -0.336 e. The van der Waals surface area contributed by atoms with Gasteiger partial charge in [-0.15, -0.1) is 0 Å². The van der Waals surface area contributed by atoms with E-state index in [1.54, 1.807) is 11.9 Å². The van der Waals surface area contributed by atoms with Gasteiger partial charge in [0.15, 0.2) is 0 Å². The molecule has 1 saturated heterocycles. The van der Waals surface area contributed by atoms with Crippen LogP contribution in [0.2, 0.25) is 0 Å². The van der Waals surface area contributed by atoms with Crippen LogP contribution in [0.5, 0.6) is 0 Å². The molecular weight excluding hydrogens is 206 g/mol. The molecule has 1 heterocycles. The van der Waals surface area contributed by atoms with Crippen molar-refractivity contribution in [3.8, 4) is 0 Å². The molecule has 2 amide bonds. The van der Waals surface area contributed by atoms with Gasteiger partial charge in [-0.3, -0.25) is 9.59 Å². The highest BCUT2D eigenvalue weighted by Gasteiger charge is 2.29. The monoisotopic (exact) mass is 227 g/mol. The smallest absolute Gasteiger partial charge is 0.312 e. The summed E-state index contributed by atoms with van der Waals surface area (Å²) in [6.45, 7) is 6.02. The third-order valence-corrected chi connectivity index (χ3v) is 2.73. The van der Waals surface area contributed by atoms with Gasteiger partial charge in [-0.2, -0.15) is 0 Å². The van der Waals surface area contributed by atoms with Crippen molar-refractivity contribution < 1.29 is 9.59 Å². The molecule has 92 valence electrons. The second kappa shape index (κ2) is 6.48. The van der Waals surface area contributed by atoms with Crippen LogP contribution in [0.3, 0.4) is 0 Å². The van der Waals surface area contributed by atoms with E-state index in [-0.39, 0.29) is 11.8 Å². The van der Waals surface area contributed by atoms with Crippen molar-refractivity contribution in [1.29, 1.82) is 0 Å². The van der Waals surface area contributed by atoms with Crippen LogP contribution < -0.4 is 5.32 Å². The number of carbonyl (C=O) groups is 2. The molecule has 1 N–H and O–H groups in total. The first-order valence-corrected chi connectivity index (χ1v) is 5.92. The van der Waals surface area contributed by atoms with Gasteiger partial charge in [-0.05, 0) is 25.9 Å². The number of amides is 2. The maximum Gasteiger partial charge on any atom is 0.312 e. The van der Waals surface area contributed by atoms with Gasteiger partial charge in [-0.25, -0.2) is 0 Å². The van der Waals surface area contributed by atoms with Crippen molar-refractivity contribution in [1.82, 2.24) is 15.1 Å². The number of hydrogen-bond acceptors (Lipinski definition) is 3. The van der Waals surface area contributed by atoms with Crippen LogP contribution in [0, 0.1) is 0 Å². The Balaban J connectivity index is 2.22. The molecule has 1 fully saturated rings. The average molecular weight is 227 g/mol. The van der Waals surface area contributed by atoms with Gasteiger partial charge < -0.3 is 15.1 Å². The number of nitrogens with zero attached hydrogens (tertiary/aromatic N) is 2. The van der Waals surface area contributed by atoms with Gasteiger partial charge in [0.2, 0.25) is 0 Å². The van der Waals surface area contributed by atoms with Gasteiger partial charge in [0, 0.05) is 26.7 Å². The molecule has 0 radical (unpaired) electrons. The van der Waals surface area contributed by atoms with Crippen LogP contribution in [0.1, 0.15) is 19.8 Å². The van der Waals surface area contributed by atoms with Crippen LogP contribution in [-0.2, 0) is 9.59 Å². The van der Waals surface area contributed by atoms with E-state index in [2.05, 4.69) is 12.2 Å². The van der Waals surface area contributed by atoms with E-state index < -0.39 is 0 Å². The van der Waals surface area contributed by atoms with Crippen molar-refractivity contribution in [2.75, 3.05) is 39.8 Å². The van der Waals surface area contributed by atoms with Gasteiger partial charge in [0.1, 0.15) is 0 Å². The summed E-state index contributed by atoms with van der Waals surface area (Å²) in [6, 6.07) is 0. The minimum atomic E-state index is -0.382. The fraction of sp³-hybridized carbons (Fsp3) is 0.818. The van der Waals surface area contributed by atoms with E-state index in [1.165, 1.54) is 4.90 Å². The maximum absolute atomic E-state index is 11.6. The van der Waals surface area contributed by atoms with E-state index in [1.807, 2.05) is 0 Å². The molecule has 5 nitrogen and oxygen atoms in total. The number of rotatable bonds is 6. The second-order valence-electron chi connectivity index (χ2n) is 4.12. The number of nitrogens with one attached hydrogen (secondary N) is 1. The van der Waals surface area contributed by atoms with Crippen LogP contribution in [-0.4, -0.2) is 61.4 Å². The molecule has 5 heteroatoms. The lowest BCUT2D eigenvalue weighted by molar-refractivity contribution is -0.154. The highest BCUT2D eigenvalue weighted by atomic mass is 16.2. The topological polar surface area (TPSA) is 52.6 Å². The Labute approximate surface area is 96.8 Å². The highest BCUT2D eigenvalue weighted by molar-refractivity contribution is 6.35. The van der Waals surface area contributed by atoms with Gasteiger partial charge in [0.05, 0.1) is 0 Å². The highest BCUT2D eigenvalue weighted by Crippen LogP contribution is 2.03. The molecule has 1 aliphatic heterocycles. The molecule has 16 heavy (non-hydrogen) atoms. The molecule has 0 unspecified atom stereocenters. The number of carbonyl (C=O) groups excluding carboxylic acids is 2. The zero-order valence-corrected chi connectivity index (χ0v) is 10.2. The third-order valence-electron chi connectivity index (χ3n) is 2.73. The summed E-state index contributed by atoms with van der Waals surface area (Å²) in [7, 11) is 1.67. The summed E-state index contributed by atoms with van der Waals surface area (Å²) < 4.78 is 0. The van der Waals surface area contributed by atoms with E-state index >= 15 is 0 Å². The fourth-order valence-electron chi connectivity index (χ4n) is 1.68. The molecule has 0 spiro atoms. The number of piperazine rings is 1. The SMILES string of the molecule is CCCNCCCN1CCN(C)C(=O)C1=O. The Morgan fingerprint density at radius 2 is 1.94 bits per heavy atom. The number of likely N-dealkylation sites (N-methyl/N-ethyl adjacent to an activating group) is 1. The Morgan fingerprint density at radius 1 is 1.19 bits per heavy atom. The largest absolute Gasteiger partial charge is 0.336 e. The van der Waals surface area contributed by atoms with Crippen molar-refractivity contribution in [3.05, 3.63) is 0 Å². The van der Waals surface area contributed by atoms with E-state index in [0.717, 1.165) is 25.9 Å². The molecule has 0 bridgehead atoms. The third kappa shape index (κ3) is 3.48. The van der Waals surface area contributed by atoms with Gasteiger partial charge in [-0.1, -0.05) is 6.92 Å². The van der Waals surface area contributed by atoms with Crippen molar-refractivity contribution >= 4 is 11.8 Å². The second-order valence-corrected chi connectivity index (χ2v) is 4.12. The van der Waals surface area contributed by atoms with E-state index in [4.69, 9.17) is 0 Å². The van der Waals surface area contributed by atoms with Gasteiger partial charge in [0.25, 0.3) is 0 Å². The van der Waals surface area contributed by atoms with Crippen LogP contribution in [0.25, 0.3) is 0 Å². The maximum atomic E-state index is 11.6. The molecule has 0 saturated carbocycles. The quantitative estimate of drug-likeness (QED) is 0.499. The average Bonchev–Trinajstić information content (AvgIpc) is 2.28. The first-order valence-electron chi connectivity index (χ1n) is 5.92. The van der Waals surface area contributed by atoms with Crippen molar-refractivity contribution in [2.45, 2.75) is 19.8 Å². The van der Waals surface area contributed by atoms with E-state index in [9.17, 15) is 9.59 Å². The molecule has 0 aromatic heterocycles. The summed E-state index contributed by atoms with van der Waals surface area (Å²) in [5.41, 5.74) is 0. The minimum absolute atomic E-state index is 0.357. The van der Waals surface area contributed by atoms with Gasteiger partial charge >= 0.3 is 11.8 Å². The Kier molecular flexibility index (Phi) is 5.25. The van der Waals surface area contributed by atoms with Crippen molar-refractivity contribution in [2.24, 2.45) is 0 Å².